The van der Waals surface area contributed by atoms with Crippen LogP contribution in [0.15, 0.2) is 30.5 Å². The maximum absolute atomic E-state index is 12.1. The molecule has 96 valence electrons. The molecule has 0 aromatic carbocycles. The van der Waals surface area contributed by atoms with Gasteiger partial charge in [0.05, 0.1) is 5.69 Å². The monoisotopic (exact) mass is 245 g/mol. The van der Waals surface area contributed by atoms with E-state index in [-0.39, 0.29) is 5.91 Å². The Bertz CT molecular complexity index is 416. The van der Waals surface area contributed by atoms with Crippen LogP contribution in [0.5, 0.6) is 0 Å². The van der Waals surface area contributed by atoms with Gasteiger partial charge in [-0.25, -0.2) is 0 Å². The topological polar surface area (TPSA) is 45.2 Å². The fourth-order valence-electron chi connectivity index (χ4n) is 2.30. The molecule has 1 atom stereocenters. The van der Waals surface area contributed by atoms with Gasteiger partial charge in [-0.3, -0.25) is 9.78 Å². The van der Waals surface area contributed by atoms with Gasteiger partial charge in [0.15, 0.2) is 0 Å². The molecule has 1 fully saturated rings. The molecule has 0 saturated carbocycles. The second-order valence-electron chi connectivity index (χ2n) is 4.47. The Morgan fingerprint density at radius 1 is 1.61 bits per heavy atom. The van der Waals surface area contributed by atoms with Gasteiger partial charge in [0, 0.05) is 31.4 Å². The van der Waals surface area contributed by atoms with Gasteiger partial charge in [-0.1, -0.05) is 6.07 Å². The van der Waals surface area contributed by atoms with Crippen molar-refractivity contribution >= 4 is 12.0 Å². The van der Waals surface area contributed by atoms with E-state index >= 15 is 0 Å². The van der Waals surface area contributed by atoms with Crippen molar-refractivity contribution in [1.29, 1.82) is 0 Å². The second kappa shape index (κ2) is 6.31. The van der Waals surface area contributed by atoms with Crippen molar-refractivity contribution in [2.24, 2.45) is 0 Å². The fraction of sp³-hybridized carbons (Fsp3) is 0.429. The third kappa shape index (κ3) is 3.17. The van der Waals surface area contributed by atoms with E-state index in [0.29, 0.717) is 6.04 Å². The van der Waals surface area contributed by atoms with Crippen LogP contribution in [0.3, 0.4) is 0 Å². The summed E-state index contributed by atoms with van der Waals surface area (Å²) in [6.45, 7) is 1.72. The van der Waals surface area contributed by atoms with Crippen LogP contribution >= 0.6 is 0 Å². The first-order valence-corrected chi connectivity index (χ1v) is 6.35. The lowest BCUT2D eigenvalue weighted by atomic mass is 10.2. The number of carbonyl (C=O) groups excluding carboxylic acids is 1. The number of nitrogens with zero attached hydrogens (tertiary/aromatic N) is 2. The van der Waals surface area contributed by atoms with Gasteiger partial charge < -0.3 is 10.2 Å². The van der Waals surface area contributed by atoms with Crippen molar-refractivity contribution in [2.75, 3.05) is 20.1 Å². The van der Waals surface area contributed by atoms with Crippen LogP contribution in [0.4, 0.5) is 0 Å². The molecule has 0 spiro atoms. The average Bonchev–Trinajstić information content (AvgIpc) is 2.86. The minimum absolute atomic E-state index is 0.0819. The Morgan fingerprint density at radius 3 is 3.22 bits per heavy atom. The second-order valence-corrected chi connectivity index (χ2v) is 4.47. The molecular formula is C14H19N3O. The molecule has 1 saturated heterocycles. The highest BCUT2D eigenvalue weighted by molar-refractivity contribution is 5.91. The molecular weight excluding hydrogens is 226 g/mol. The molecule has 1 unspecified atom stereocenters. The lowest BCUT2D eigenvalue weighted by Gasteiger charge is -2.23. The Labute approximate surface area is 108 Å². The van der Waals surface area contributed by atoms with Crippen LogP contribution in [0.25, 0.3) is 6.08 Å². The van der Waals surface area contributed by atoms with E-state index in [4.69, 9.17) is 0 Å². The molecule has 2 rings (SSSR count). The molecule has 1 aromatic rings. The summed E-state index contributed by atoms with van der Waals surface area (Å²) < 4.78 is 0. The first-order valence-electron chi connectivity index (χ1n) is 6.35. The Kier molecular flexibility index (Phi) is 4.47. The van der Waals surface area contributed by atoms with E-state index in [0.717, 1.165) is 31.6 Å². The first-order chi connectivity index (χ1) is 8.81. The molecule has 0 aliphatic carbocycles. The number of nitrogens with one attached hydrogen (secondary N) is 1. The minimum atomic E-state index is 0.0819. The van der Waals surface area contributed by atoms with Crippen LogP contribution in [-0.2, 0) is 4.79 Å². The summed E-state index contributed by atoms with van der Waals surface area (Å²) in [5, 5.41) is 3.14. The Balaban J connectivity index is 1.97. The molecule has 1 aliphatic heterocycles. The summed E-state index contributed by atoms with van der Waals surface area (Å²) in [5.41, 5.74) is 0.815. The quantitative estimate of drug-likeness (QED) is 0.813. The zero-order valence-corrected chi connectivity index (χ0v) is 10.7. The Hall–Kier alpha value is -1.68. The largest absolute Gasteiger partial charge is 0.335 e. The molecule has 0 radical (unpaired) electrons. The highest BCUT2D eigenvalue weighted by Gasteiger charge is 2.26. The normalized spacial score (nSPS) is 19.6. The van der Waals surface area contributed by atoms with Crippen LogP contribution in [-0.4, -0.2) is 42.0 Å². The molecule has 1 aliphatic rings. The maximum Gasteiger partial charge on any atom is 0.246 e. The Morgan fingerprint density at radius 2 is 2.50 bits per heavy atom. The van der Waals surface area contributed by atoms with Gasteiger partial charge in [-0.05, 0) is 38.1 Å². The number of pyridine rings is 1. The summed E-state index contributed by atoms with van der Waals surface area (Å²) in [6, 6.07) is 5.99. The van der Waals surface area contributed by atoms with Gasteiger partial charge >= 0.3 is 0 Å². The molecule has 4 nitrogen and oxygen atoms in total. The van der Waals surface area contributed by atoms with E-state index in [9.17, 15) is 4.79 Å². The zero-order chi connectivity index (χ0) is 12.8. The number of likely N-dealkylation sites (N-methyl/N-ethyl adjacent to an activating group) is 1. The molecule has 1 N–H and O–H groups in total. The molecule has 4 heteroatoms. The summed E-state index contributed by atoms with van der Waals surface area (Å²) in [5.74, 6) is 0.0819. The zero-order valence-electron chi connectivity index (χ0n) is 10.7. The lowest BCUT2D eigenvalue weighted by molar-refractivity contribution is -0.126. The number of carbonyl (C=O) groups is 1. The molecule has 0 bridgehead atoms. The molecule has 1 aromatic heterocycles. The van der Waals surface area contributed by atoms with Crippen LogP contribution < -0.4 is 5.32 Å². The van der Waals surface area contributed by atoms with E-state index in [1.807, 2.05) is 30.1 Å². The highest BCUT2D eigenvalue weighted by Crippen LogP contribution is 2.17. The number of amides is 1. The van der Waals surface area contributed by atoms with Gasteiger partial charge in [0.25, 0.3) is 0 Å². The van der Waals surface area contributed by atoms with Gasteiger partial charge in [-0.15, -0.1) is 0 Å². The smallest absolute Gasteiger partial charge is 0.246 e. The standard InChI is InChI=1S/C14H19N3O/c1-15-11-13-6-4-10-17(13)14(18)8-7-12-5-2-3-9-16-12/h2-3,5,7-9,13,15H,4,6,10-11H2,1H3. The van der Waals surface area contributed by atoms with Crippen molar-refractivity contribution in [3.63, 3.8) is 0 Å². The number of rotatable bonds is 4. The minimum Gasteiger partial charge on any atom is -0.335 e. The maximum atomic E-state index is 12.1. The van der Waals surface area contributed by atoms with Crippen LogP contribution in [0.2, 0.25) is 0 Å². The van der Waals surface area contributed by atoms with E-state index in [1.165, 1.54) is 0 Å². The van der Waals surface area contributed by atoms with Crippen molar-refractivity contribution in [1.82, 2.24) is 15.2 Å². The third-order valence-electron chi connectivity index (χ3n) is 3.18. The van der Waals surface area contributed by atoms with Crippen molar-refractivity contribution in [3.8, 4) is 0 Å². The predicted molar refractivity (Wildman–Crippen MR) is 71.9 cm³/mol. The molecule has 1 amide bonds. The van der Waals surface area contributed by atoms with E-state index in [2.05, 4.69) is 10.3 Å². The molecule has 2 heterocycles. The summed E-state index contributed by atoms with van der Waals surface area (Å²) >= 11 is 0. The summed E-state index contributed by atoms with van der Waals surface area (Å²) in [6.07, 6.45) is 7.30. The lowest BCUT2D eigenvalue weighted by Crippen LogP contribution is -2.39. The average molecular weight is 245 g/mol. The summed E-state index contributed by atoms with van der Waals surface area (Å²) in [4.78, 5) is 18.2. The number of aromatic nitrogens is 1. The van der Waals surface area contributed by atoms with Gasteiger partial charge in [-0.2, -0.15) is 0 Å². The number of likely N-dealkylation sites (tertiary alicyclic amines) is 1. The number of hydrogen-bond donors (Lipinski definition) is 1. The third-order valence-corrected chi connectivity index (χ3v) is 3.18. The van der Waals surface area contributed by atoms with Crippen LogP contribution in [0, 0.1) is 0 Å². The predicted octanol–water partition coefficient (Wildman–Crippen LogP) is 1.31. The van der Waals surface area contributed by atoms with E-state index < -0.39 is 0 Å². The van der Waals surface area contributed by atoms with Crippen LogP contribution in [0.1, 0.15) is 18.5 Å². The highest BCUT2D eigenvalue weighted by atomic mass is 16.2. The summed E-state index contributed by atoms with van der Waals surface area (Å²) in [7, 11) is 1.92. The van der Waals surface area contributed by atoms with Crippen molar-refractivity contribution in [2.45, 2.75) is 18.9 Å². The van der Waals surface area contributed by atoms with Gasteiger partial charge in [0.2, 0.25) is 5.91 Å². The first kappa shape index (κ1) is 12.8. The van der Waals surface area contributed by atoms with E-state index in [1.54, 1.807) is 18.3 Å². The number of hydrogen-bond acceptors (Lipinski definition) is 3. The SMILES string of the molecule is CNCC1CCCN1C(=O)C=Cc1ccccn1. The van der Waals surface area contributed by atoms with Gasteiger partial charge in [0.1, 0.15) is 0 Å². The van der Waals surface area contributed by atoms with Crippen molar-refractivity contribution < 1.29 is 4.79 Å². The molecule has 18 heavy (non-hydrogen) atoms. The fourth-order valence-corrected chi connectivity index (χ4v) is 2.30. The van der Waals surface area contributed by atoms with Crippen molar-refractivity contribution in [3.05, 3.63) is 36.2 Å².